The lowest BCUT2D eigenvalue weighted by atomic mass is 10.5. The largest absolute Gasteiger partial charge is 0.268 e. The molecule has 4 heteroatoms. The van der Waals surface area contributed by atoms with E-state index in [4.69, 9.17) is 0 Å². The predicted octanol–water partition coefficient (Wildman–Crippen LogP) is 1.24. The fraction of sp³-hybridized carbons (Fsp3) is 0.375. The van der Waals surface area contributed by atoms with Gasteiger partial charge in [0, 0.05) is 18.9 Å². The van der Waals surface area contributed by atoms with Gasteiger partial charge in [-0.05, 0) is 6.42 Å². The number of aryl methyl sites for hydroxylation is 1. The van der Waals surface area contributed by atoms with Crippen LogP contribution in [0.25, 0.3) is 11.2 Å². The monoisotopic (exact) mass is 162 g/mol. The fourth-order valence-electron chi connectivity index (χ4n) is 1.14. The van der Waals surface area contributed by atoms with E-state index >= 15 is 0 Å². The van der Waals surface area contributed by atoms with E-state index in [9.17, 15) is 0 Å². The van der Waals surface area contributed by atoms with Gasteiger partial charge in [0.25, 0.3) is 0 Å². The van der Waals surface area contributed by atoms with E-state index in [1.165, 1.54) is 0 Å². The summed E-state index contributed by atoms with van der Waals surface area (Å²) in [6.07, 6.45) is 6.34. The molecule has 0 bridgehead atoms. The van der Waals surface area contributed by atoms with Crippen molar-refractivity contribution in [3.05, 3.63) is 18.6 Å². The number of nitrogens with zero attached hydrogens (tertiary/aromatic N) is 4. The number of hydrogen-bond acceptors (Lipinski definition) is 3. The van der Waals surface area contributed by atoms with Crippen molar-refractivity contribution in [3.63, 3.8) is 0 Å². The molecule has 0 atom stereocenters. The van der Waals surface area contributed by atoms with Crippen molar-refractivity contribution < 1.29 is 0 Å². The van der Waals surface area contributed by atoms with Crippen molar-refractivity contribution in [2.24, 2.45) is 0 Å². The van der Waals surface area contributed by atoms with Crippen molar-refractivity contribution >= 4 is 11.2 Å². The van der Waals surface area contributed by atoms with Crippen LogP contribution in [0.15, 0.2) is 18.6 Å². The molecule has 0 fully saturated rings. The standard InChI is InChI=1S/C8H10N4/c1-2-5-12-6-7-8(11-12)10-4-3-9-7/h3-4,6H,2,5H2,1H3. The third-order valence-electron chi connectivity index (χ3n) is 1.65. The molecular weight excluding hydrogens is 152 g/mol. The van der Waals surface area contributed by atoms with Crippen LogP contribution in [0.1, 0.15) is 13.3 Å². The van der Waals surface area contributed by atoms with Crippen molar-refractivity contribution in [2.75, 3.05) is 0 Å². The quantitative estimate of drug-likeness (QED) is 0.667. The Labute approximate surface area is 70.3 Å². The second-order valence-electron chi connectivity index (χ2n) is 2.66. The van der Waals surface area contributed by atoms with Crippen molar-refractivity contribution in [3.8, 4) is 0 Å². The highest BCUT2D eigenvalue weighted by atomic mass is 15.3. The van der Waals surface area contributed by atoms with E-state index in [0.29, 0.717) is 0 Å². The fourth-order valence-corrected chi connectivity index (χ4v) is 1.14. The molecule has 0 amide bonds. The number of fused-ring (bicyclic) bond motifs is 1. The summed E-state index contributed by atoms with van der Waals surface area (Å²) in [5, 5.41) is 4.25. The van der Waals surface area contributed by atoms with E-state index in [-0.39, 0.29) is 0 Å². The van der Waals surface area contributed by atoms with Crippen LogP contribution in [-0.4, -0.2) is 19.7 Å². The third-order valence-corrected chi connectivity index (χ3v) is 1.65. The number of rotatable bonds is 2. The van der Waals surface area contributed by atoms with E-state index in [1.54, 1.807) is 12.4 Å². The van der Waals surface area contributed by atoms with Gasteiger partial charge in [0.1, 0.15) is 5.52 Å². The zero-order valence-electron chi connectivity index (χ0n) is 6.94. The topological polar surface area (TPSA) is 43.6 Å². The summed E-state index contributed by atoms with van der Waals surface area (Å²) in [5.74, 6) is 0. The highest BCUT2D eigenvalue weighted by Crippen LogP contribution is 2.04. The van der Waals surface area contributed by atoms with Crippen molar-refractivity contribution in [1.82, 2.24) is 19.7 Å². The van der Waals surface area contributed by atoms with E-state index in [1.807, 2.05) is 10.9 Å². The molecule has 0 spiro atoms. The number of hydrogen-bond donors (Lipinski definition) is 0. The van der Waals surface area contributed by atoms with E-state index in [2.05, 4.69) is 22.0 Å². The summed E-state index contributed by atoms with van der Waals surface area (Å²) < 4.78 is 1.88. The lowest BCUT2D eigenvalue weighted by Gasteiger charge is -1.92. The molecule has 4 nitrogen and oxygen atoms in total. The van der Waals surface area contributed by atoms with E-state index in [0.717, 1.165) is 24.1 Å². The van der Waals surface area contributed by atoms with Gasteiger partial charge >= 0.3 is 0 Å². The van der Waals surface area contributed by atoms with Crippen LogP contribution in [0.3, 0.4) is 0 Å². The maximum Gasteiger partial charge on any atom is 0.199 e. The minimum Gasteiger partial charge on any atom is -0.268 e. The van der Waals surface area contributed by atoms with Gasteiger partial charge in [-0.3, -0.25) is 4.68 Å². The first-order chi connectivity index (χ1) is 5.90. The maximum absolute atomic E-state index is 4.25. The molecule has 0 aliphatic heterocycles. The summed E-state index contributed by atoms with van der Waals surface area (Å²) in [5.41, 5.74) is 1.59. The average Bonchev–Trinajstić information content (AvgIpc) is 2.47. The second kappa shape index (κ2) is 2.89. The van der Waals surface area contributed by atoms with Crippen LogP contribution in [-0.2, 0) is 6.54 Å². The summed E-state index contributed by atoms with van der Waals surface area (Å²) in [6.45, 7) is 3.05. The van der Waals surface area contributed by atoms with Gasteiger partial charge in [-0.25, -0.2) is 9.97 Å². The molecule has 0 saturated heterocycles. The lowest BCUT2D eigenvalue weighted by Crippen LogP contribution is -1.95. The Morgan fingerprint density at radius 2 is 2.17 bits per heavy atom. The average molecular weight is 162 g/mol. The molecule has 2 aromatic heterocycles. The van der Waals surface area contributed by atoms with Gasteiger partial charge in [-0.1, -0.05) is 6.92 Å². The molecule has 0 aromatic carbocycles. The predicted molar refractivity (Wildman–Crippen MR) is 45.6 cm³/mol. The Hall–Kier alpha value is -1.45. The van der Waals surface area contributed by atoms with E-state index < -0.39 is 0 Å². The number of aromatic nitrogens is 4. The van der Waals surface area contributed by atoms with Crippen LogP contribution >= 0.6 is 0 Å². The normalized spacial score (nSPS) is 10.8. The van der Waals surface area contributed by atoms with Crippen LogP contribution in [0.4, 0.5) is 0 Å². The first-order valence-corrected chi connectivity index (χ1v) is 4.04. The van der Waals surface area contributed by atoms with Crippen molar-refractivity contribution in [2.45, 2.75) is 19.9 Å². The Morgan fingerprint density at radius 3 is 2.92 bits per heavy atom. The molecule has 62 valence electrons. The summed E-state index contributed by atoms with van der Waals surface area (Å²) in [7, 11) is 0. The molecule has 0 radical (unpaired) electrons. The third kappa shape index (κ3) is 1.15. The summed E-state index contributed by atoms with van der Waals surface area (Å²) in [4.78, 5) is 8.23. The molecule has 0 unspecified atom stereocenters. The van der Waals surface area contributed by atoms with Gasteiger partial charge in [0.05, 0.1) is 6.20 Å². The molecule has 2 rings (SSSR count). The highest BCUT2D eigenvalue weighted by Gasteiger charge is 1.99. The van der Waals surface area contributed by atoms with Crippen LogP contribution in [0.2, 0.25) is 0 Å². The zero-order chi connectivity index (χ0) is 8.39. The first-order valence-electron chi connectivity index (χ1n) is 4.04. The SMILES string of the molecule is CCCn1cc2nccnc2n1. The Bertz CT molecular complexity index is 346. The minimum atomic E-state index is 0.728. The Kier molecular flexibility index (Phi) is 1.74. The molecule has 0 N–H and O–H groups in total. The molecule has 2 aromatic rings. The first kappa shape index (κ1) is 7.21. The van der Waals surface area contributed by atoms with Crippen molar-refractivity contribution in [1.29, 1.82) is 0 Å². The Balaban J connectivity index is 2.47. The van der Waals surface area contributed by atoms with Gasteiger partial charge in [-0.15, -0.1) is 0 Å². The highest BCUT2D eigenvalue weighted by molar-refractivity contribution is 5.67. The summed E-state index contributed by atoms with van der Waals surface area (Å²) in [6, 6.07) is 0. The van der Waals surface area contributed by atoms with Gasteiger partial charge in [0.15, 0.2) is 5.65 Å². The smallest absolute Gasteiger partial charge is 0.199 e. The van der Waals surface area contributed by atoms with Gasteiger partial charge in [-0.2, -0.15) is 5.10 Å². The molecule has 0 aliphatic rings. The Morgan fingerprint density at radius 1 is 1.33 bits per heavy atom. The lowest BCUT2D eigenvalue weighted by molar-refractivity contribution is 0.607. The van der Waals surface area contributed by atoms with Crippen LogP contribution in [0, 0.1) is 0 Å². The van der Waals surface area contributed by atoms with Gasteiger partial charge < -0.3 is 0 Å². The molecule has 0 saturated carbocycles. The zero-order valence-corrected chi connectivity index (χ0v) is 6.94. The van der Waals surface area contributed by atoms with Crippen LogP contribution < -0.4 is 0 Å². The maximum atomic E-state index is 4.25. The molecular formula is C8H10N4. The molecule has 2 heterocycles. The molecule has 0 aliphatic carbocycles. The van der Waals surface area contributed by atoms with Gasteiger partial charge in [0.2, 0.25) is 0 Å². The second-order valence-corrected chi connectivity index (χ2v) is 2.66. The van der Waals surface area contributed by atoms with Crippen LogP contribution in [0.5, 0.6) is 0 Å². The summed E-state index contributed by atoms with van der Waals surface area (Å²) >= 11 is 0. The molecule has 12 heavy (non-hydrogen) atoms. The minimum absolute atomic E-state index is 0.728.